The van der Waals surface area contributed by atoms with Crippen LogP contribution in [0.5, 0.6) is 0 Å². The number of hydrogen-bond donors (Lipinski definition) is 1. The van der Waals surface area contributed by atoms with E-state index < -0.39 is 5.97 Å². The van der Waals surface area contributed by atoms with Crippen LogP contribution in [0.2, 0.25) is 0 Å². The van der Waals surface area contributed by atoms with Crippen LogP contribution in [-0.4, -0.2) is 16.9 Å². The highest BCUT2D eigenvalue weighted by atomic mass is 32.1. The Labute approximate surface area is 84.8 Å². The maximum atomic E-state index is 11.0. The molecular formula is C8H9N2O3S-. The van der Waals surface area contributed by atoms with E-state index in [0.717, 1.165) is 11.3 Å². The number of carboxylic acids is 1. The summed E-state index contributed by atoms with van der Waals surface area (Å²) in [5.74, 6) is -1.46. The fourth-order valence-corrected chi connectivity index (χ4v) is 1.66. The normalized spacial score (nSPS) is 9.86. The van der Waals surface area contributed by atoms with E-state index in [-0.39, 0.29) is 10.8 Å². The molecule has 1 aromatic heterocycles. The lowest BCUT2D eigenvalue weighted by Gasteiger charge is -1.96. The first-order chi connectivity index (χ1) is 6.54. The van der Waals surface area contributed by atoms with Crippen molar-refractivity contribution in [2.45, 2.75) is 20.3 Å². The van der Waals surface area contributed by atoms with Crippen molar-refractivity contribution in [2.24, 2.45) is 0 Å². The molecule has 1 amide bonds. The molecule has 0 saturated carbocycles. The Balaban J connectivity index is 2.86. The van der Waals surface area contributed by atoms with E-state index in [2.05, 4.69) is 10.3 Å². The Hall–Kier alpha value is -1.43. The van der Waals surface area contributed by atoms with Crippen LogP contribution in [0.4, 0.5) is 5.13 Å². The molecule has 1 heterocycles. The zero-order valence-electron chi connectivity index (χ0n) is 7.79. The summed E-state index contributed by atoms with van der Waals surface area (Å²) in [5.41, 5.74) is 0.362. The van der Waals surface area contributed by atoms with Crippen molar-refractivity contribution in [3.8, 4) is 0 Å². The van der Waals surface area contributed by atoms with Gasteiger partial charge in [0.15, 0.2) is 5.13 Å². The van der Waals surface area contributed by atoms with Gasteiger partial charge in [-0.05, 0) is 6.92 Å². The molecular weight excluding hydrogens is 204 g/mol. The number of thiazole rings is 1. The molecule has 1 N–H and O–H groups in total. The molecule has 6 heteroatoms. The standard InChI is InChI=1S/C8H10N2O3S/c1-3-5(11)10-8-9-4(2)6(14-8)7(12)13/h3H2,1-2H3,(H,12,13)(H,9,10,11)/p-1. The van der Waals surface area contributed by atoms with Crippen molar-refractivity contribution in [1.29, 1.82) is 0 Å². The molecule has 0 fully saturated rings. The van der Waals surface area contributed by atoms with E-state index in [4.69, 9.17) is 0 Å². The number of hydrogen-bond acceptors (Lipinski definition) is 5. The molecule has 0 aliphatic rings. The summed E-state index contributed by atoms with van der Waals surface area (Å²) in [4.78, 5) is 25.4. The summed E-state index contributed by atoms with van der Waals surface area (Å²) in [6, 6.07) is 0. The van der Waals surface area contributed by atoms with Gasteiger partial charge in [0.1, 0.15) is 0 Å². The number of aromatic nitrogens is 1. The van der Waals surface area contributed by atoms with E-state index in [0.29, 0.717) is 17.2 Å². The van der Waals surface area contributed by atoms with E-state index >= 15 is 0 Å². The minimum atomic E-state index is -1.27. The molecule has 14 heavy (non-hydrogen) atoms. The van der Waals surface area contributed by atoms with Gasteiger partial charge in [0, 0.05) is 6.42 Å². The van der Waals surface area contributed by atoms with Crippen LogP contribution in [0.15, 0.2) is 0 Å². The Morgan fingerprint density at radius 3 is 2.64 bits per heavy atom. The number of carbonyl (C=O) groups is 2. The highest BCUT2D eigenvalue weighted by Crippen LogP contribution is 2.21. The van der Waals surface area contributed by atoms with Crippen LogP contribution in [0.1, 0.15) is 28.7 Å². The number of aryl methyl sites for hydroxylation is 1. The molecule has 0 radical (unpaired) electrons. The van der Waals surface area contributed by atoms with Gasteiger partial charge in [0.25, 0.3) is 0 Å². The number of anilines is 1. The maximum Gasteiger partial charge on any atom is 0.225 e. The SMILES string of the molecule is CCC(=O)Nc1nc(C)c(C(=O)[O-])s1. The van der Waals surface area contributed by atoms with E-state index in [1.165, 1.54) is 0 Å². The number of nitrogens with zero attached hydrogens (tertiary/aromatic N) is 1. The van der Waals surface area contributed by atoms with Crippen LogP contribution in [0.25, 0.3) is 0 Å². The van der Waals surface area contributed by atoms with Crippen LogP contribution >= 0.6 is 11.3 Å². The second-order valence-corrected chi connectivity index (χ2v) is 3.62. The van der Waals surface area contributed by atoms with Crippen molar-refractivity contribution in [2.75, 3.05) is 5.32 Å². The van der Waals surface area contributed by atoms with Crippen molar-refractivity contribution in [3.05, 3.63) is 10.6 Å². The number of carbonyl (C=O) groups excluding carboxylic acids is 2. The summed E-state index contributed by atoms with van der Waals surface area (Å²) >= 11 is 0.906. The average molecular weight is 213 g/mol. The smallest absolute Gasteiger partial charge is 0.225 e. The molecule has 1 aromatic rings. The Bertz CT molecular complexity index is 373. The Morgan fingerprint density at radius 2 is 2.21 bits per heavy atom. The van der Waals surface area contributed by atoms with Gasteiger partial charge in [0.05, 0.1) is 16.5 Å². The molecule has 0 aliphatic heterocycles. The van der Waals surface area contributed by atoms with Gasteiger partial charge in [0.2, 0.25) is 5.91 Å². The topological polar surface area (TPSA) is 82.1 Å². The molecule has 0 saturated heterocycles. The average Bonchev–Trinajstić information content (AvgIpc) is 2.46. The van der Waals surface area contributed by atoms with Gasteiger partial charge in [-0.25, -0.2) is 4.98 Å². The fourth-order valence-electron chi connectivity index (χ4n) is 0.847. The van der Waals surface area contributed by atoms with Gasteiger partial charge in [-0.3, -0.25) is 4.79 Å². The third kappa shape index (κ3) is 2.29. The first kappa shape index (κ1) is 10.6. The Morgan fingerprint density at radius 1 is 1.57 bits per heavy atom. The van der Waals surface area contributed by atoms with Crippen molar-refractivity contribution >= 4 is 28.3 Å². The van der Waals surface area contributed by atoms with Crippen molar-refractivity contribution in [3.63, 3.8) is 0 Å². The molecule has 0 aliphatic carbocycles. The highest BCUT2D eigenvalue weighted by Gasteiger charge is 2.09. The summed E-state index contributed by atoms with van der Waals surface area (Å²) in [6.07, 6.45) is 0.333. The molecule has 0 bridgehead atoms. The third-order valence-electron chi connectivity index (χ3n) is 1.55. The number of nitrogens with one attached hydrogen (secondary N) is 1. The number of aromatic carboxylic acids is 1. The predicted molar refractivity (Wildman–Crippen MR) is 50.1 cm³/mol. The summed E-state index contributed by atoms with van der Waals surface area (Å²) in [7, 11) is 0. The number of rotatable bonds is 3. The van der Waals surface area contributed by atoms with Gasteiger partial charge in [-0.1, -0.05) is 18.3 Å². The monoisotopic (exact) mass is 213 g/mol. The third-order valence-corrected chi connectivity index (χ3v) is 2.60. The predicted octanol–water partition coefficient (Wildman–Crippen LogP) is 0.164. The molecule has 0 aromatic carbocycles. The van der Waals surface area contributed by atoms with Gasteiger partial charge >= 0.3 is 0 Å². The van der Waals surface area contributed by atoms with Gasteiger partial charge < -0.3 is 15.2 Å². The van der Waals surface area contributed by atoms with Crippen LogP contribution in [0, 0.1) is 6.92 Å². The maximum absolute atomic E-state index is 11.0. The lowest BCUT2D eigenvalue weighted by Crippen LogP contribution is -2.21. The van der Waals surface area contributed by atoms with Gasteiger partial charge in [-0.15, -0.1) is 0 Å². The molecule has 0 unspecified atom stereocenters. The van der Waals surface area contributed by atoms with Gasteiger partial charge in [-0.2, -0.15) is 0 Å². The van der Waals surface area contributed by atoms with Crippen molar-refractivity contribution < 1.29 is 14.7 Å². The summed E-state index contributed by atoms with van der Waals surface area (Å²) < 4.78 is 0. The zero-order valence-corrected chi connectivity index (χ0v) is 8.60. The first-order valence-electron chi connectivity index (χ1n) is 4.03. The Kier molecular flexibility index (Phi) is 3.19. The van der Waals surface area contributed by atoms with Crippen LogP contribution in [-0.2, 0) is 4.79 Å². The zero-order chi connectivity index (χ0) is 10.7. The van der Waals surface area contributed by atoms with Crippen molar-refractivity contribution in [1.82, 2.24) is 4.98 Å². The number of amides is 1. The quantitative estimate of drug-likeness (QED) is 0.775. The molecule has 0 atom stereocenters. The lowest BCUT2D eigenvalue weighted by molar-refractivity contribution is -0.254. The molecule has 0 spiro atoms. The first-order valence-corrected chi connectivity index (χ1v) is 4.84. The minimum absolute atomic E-state index is 0.0522. The summed E-state index contributed by atoms with van der Waals surface area (Å²) in [6.45, 7) is 3.26. The molecule has 1 rings (SSSR count). The fraction of sp³-hybridized carbons (Fsp3) is 0.375. The second kappa shape index (κ2) is 4.19. The minimum Gasteiger partial charge on any atom is -0.544 e. The highest BCUT2D eigenvalue weighted by molar-refractivity contribution is 7.17. The van der Waals surface area contributed by atoms with E-state index in [1.54, 1.807) is 13.8 Å². The van der Waals surface area contributed by atoms with E-state index in [1.807, 2.05) is 0 Å². The van der Waals surface area contributed by atoms with Crippen LogP contribution < -0.4 is 10.4 Å². The lowest BCUT2D eigenvalue weighted by atomic mass is 10.4. The van der Waals surface area contributed by atoms with E-state index in [9.17, 15) is 14.7 Å². The molecule has 76 valence electrons. The molecule has 5 nitrogen and oxygen atoms in total. The second-order valence-electron chi connectivity index (χ2n) is 2.62. The van der Waals surface area contributed by atoms with Crippen LogP contribution in [0.3, 0.4) is 0 Å². The summed E-state index contributed by atoms with van der Waals surface area (Å²) in [5, 5.41) is 13.3. The largest absolute Gasteiger partial charge is 0.544 e. The number of carboxylic acid groups (broad SMARTS) is 1.